The van der Waals surface area contributed by atoms with Gasteiger partial charge in [0.25, 0.3) is 0 Å². The molecular formula is C20H26O3. The molecule has 0 N–H and O–H groups in total. The van der Waals surface area contributed by atoms with Gasteiger partial charge in [-0.2, -0.15) is 0 Å². The number of rotatable bonds is 1. The van der Waals surface area contributed by atoms with E-state index < -0.39 is 5.41 Å². The summed E-state index contributed by atoms with van der Waals surface area (Å²) in [4.78, 5) is 39.0. The highest BCUT2D eigenvalue weighted by Gasteiger charge is 2.72. The van der Waals surface area contributed by atoms with Crippen LogP contribution in [0.3, 0.4) is 0 Å². The van der Waals surface area contributed by atoms with E-state index in [4.69, 9.17) is 0 Å². The van der Waals surface area contributed by atoms with E-state index >= 15 is 0 Å². The molecule has 0 saturated heterocycles. The van der Waals surface area contributed by atoms with Crippen molar-refractivity contribution >= 4 is 17.3 Å². The summed E-state index contributed by atoms with van der Waals surface area (Å²) in [6, 6.07) is 0. The Morgan fingerprint density at radius 2 is 1.57 bits per heavy atom. The van der Waals surface area contributed by atoms with Crippen molar-refractivity contribution in [2.45, 2.75) is 53.9 Å². The third kappa shape index (κ3) is 1.64. The molecule has 4 aliphatic rings. The van der Waals surface area contributed by atoms with Crippen molar-refractivity contribution in [1.82, 2.24) is 0 Å². The smallest absolute Gasteiger partial charge is 0.162 e. The molecule has 4 aliphatic carbocycles. The second kappa shape index (κ2) is 4.23. The summed E-state index contributed by atoms with van der Waals surface area (Å²) >= 11 is 0. The first-order valence-corrected chi connectivity index (χ1v) is 8.95. The van der Waals surface area contributed by atoms with E-state index in [1.165, 1.54) is 0 Å². The van der Waals surface area contributed by atoms with Gasteiger partial charge in [0.05, 0.1) is 5.41 Å². The molecule has 4 rings (SSSR count). The maximum atomic E-state index is 13.3. The summed E-state index contributed by atoms with van der Waals surface area (Å²) in [6.07, 6.45) is 2.21. The number of Topliss-reactive ketones (excluding diaryl/α,β-unsaturated/α-hetero) is 3. The number of fused-ring (bicyclic) bond motifs is 1. The first-order valence-electron chi connectivity index (χ1n) is 8.95. The fourth-order valence-corrected chi connectivity index (χ4v) is 6.04. The lowest BCUT2D eigenvalue weighted by molar-refractivity contribution is -0.148. The Hall–Kier alpha value is -1.25. The van der Waals surface area contributed by atoms with Crippen molar-refractivity contribution in [3.8, 4) is 0 Å². The molecule has 0 aromatic carbocycles. The van der Waals surface area contributed by atoms with Crippen LogP contribution in [0.2, 0.25) is 0 Å². The molecule has 0 bridgehead atoms. The number of hydrogen-bond donors (Lipinski definition) is 0. The summed E-state index contributed by atoms with van der Waals surface area (Å²) in [6.45, 7) is 10.1. The van der Waals surface area contributed by atoms with E-state index in [1.54, 1.807) is 0 Å². The third-order valence-corrected chi connectivity index (χ3v) is 7.55. The number of carbonyl (C=O) groups excluding carboxylic acids is 3. The normalized spacial score (nSPS) is 47.9. The van der Waals surface area contributed by atoms with Gasteiger partial charge >= 0.3 is 0 Å². The molecular weight excluding hydrogens is 288 g/mol. The quantitative estimate of drug-likeness (QED) is 0.697. The van der Waals surface area contributed by atoms with Gasteiger partial charge < -0.3 is 0 Å². The molecule has 6 atom stereocenters. The van der Waals surface area contributed by atoms with Gasteiger partial charge in [-0.1, -0.05) is 33.3 Å². The van der Waals surface area contributed by atoms with Crippen molar-refractivity contribution in [2.75, 3.05) is 0 Å². The van der Waals surface area contributed by atoms with E-state index in [0.29, 0.717) is 12.3 Å². The molecule has 124 valence electrons. The van der Waals surface area contributed by atoms with Crippen LogP contribution in [-0.4, -0.2) is 17.3 Å². The highest BCUT2D eigenvalue weighted by atomic mass is 16.2. The second-order valence-corrected chi connectivity index (χ2v) is 9.25. The topological polar surface area (TPSA) is 51.2 Å². The Bertz CT molecular complexity index is 683. The average molecular weight is 314 g/mol. The maximum absolute atomic E-state index is 13.3. The van der Waals surface area contributed by atoms with Crippen molar-refractivity contribution in [1.29, 1.82) is 0 Å². The van der Waals surface area contributed by atoms with Crippen LogP contribution < -0.4 is 0 Å². The molecule has 23 heavy (non-hydrogen) atoms. The molecule has 0 aromatic heterocycles. The minimum absolute atomic E-state index is 0.0102. The van der Waals surface area contributed by atoms with Gasteiger partial charge in [-0.3, -0.25) is 14.4 Å². The summed E-state index contributed by atoms with van der Waals surface area (Å²) in [5, 5.41) is 0. The van der Waals surface area contributed by atoms with E-state index in [1.807, 2.05) is 13.8 Å². The molecule has 0 aromatic rings. The van der Waals surface area contributed by atoms with Crippen LogP contribution >= 0.6 is 0 Å². The second-order valence-electron chi connectivity index (χ2n) is 9.25. The molecule has 2 saturated carbocycles. The zero-order valence-electron chi connectivity index (χ0n) is 14.7. The van der Waals surface area contributed by atoms with Crippen LogP contribution in [0.15, 0.2) is 11.1 Å². The van der Waals surface area contributed by atoms with Crippen LogP contribution in [0, 0.1) is 40.4 Å². The van der Waals surface area contributed by atoms with Gasteiger partial charge in [-0.05, 0) is 42.6 Å². The van der Waals surface area contributed by atoms with Crippen LogP contribution in [-0.2, 0) is 14.4 Å². The summed E-state index contributed by atoms with van der Waals surface area (Å²) in [7, 11) is 0. The Balaban J connectivity index is 1.78. The Morgan fingerprint density at radius 3 is 2.22 bits per heavy atom. The van der Waals surface area contributed by atoms with Gasteiger partial charge in [0, 0.05) is 24.2 Å². The molecule has 0 spiro atoms. The zero-order valence-corrected chi connectivity index (χ0v) is 14.7. The Morgan fingerprint density at radius 1 is 0.913 bits per heavy atom. The van der Waals surface area contributed by atoms with Crippen LogP contribution in [0.1, 0.15) is 53.9 Å². The molecule has 3 nitrogen and oxygen atoms in total. The first kappa shape index (κ1) is 15.3. The van der Waals surface area contributed by atoms with E-state index in [2.05, 4.69) is 20.8 Å². The number of ketones is 3. The maximum Gasteiger partial charge on any atom is 0.162 e. The molecule has 0 unspecified atom stereocenters. The molecule has 3 heteroatoms. The highest BCUT2D eigenvalue weighted by molar-refractivity contribution is 6.14. The minimum Gasteiger partial charge on any atom is -0.299 e. The van der Waals surface area contributed by atoms with Gasteiger partial charge in [-0.25, -0.2) is 0 Å². The fourth-order valence-electron chi connectivity index (χ4n) is 6.04. The van der Waals surface area contributed by atoms with Crippen LogP contribution in [0.4, 0.5) is 0 Å². The summed E-state index contributed by atoms with van der Waals surface area (Å²) in [5.41, 5.74) is 1.05. The fraction of sp³-hybridized carbons (Fsp3) is 0.750. The number of hydrogen-bond acceptors (Lipinski definition) is 3. The van der Waals surface area contributed by atoms with Crippen molar-refractivity contribution in [3.05, 3.63) is 11.1 Å². The van der Waals surface area contributed by atoms with Crippen LogP contribution in [0.5, 0.6) is 0 Å². The standard InChI is InChI=1S/C20H26O3/c1-9-6-11-12(7-9)17(22)10(2)15(11)20(5)14(21)8-13-16(18(20)23)19(13,3)4/h9-10,13,15-16H,6-8H2,1-5H3/t9-,10-,13-,15-,16-,20+/m0/s1. The predicted octanol–water partition coefficient (Wildman–Crippen LogP) is 3.37. The zero-order chi connectivity index (χ0) is 16.9. The lowest BCUT2D eigenvalue weighted by Crippen LogP contribution is -2.49. The molecule has 0 radical (unpaired) electrons. The first-order chi connectivity index (χ1) is 10.6. The molecule has 0 aliphatic heterocycles. The van der Waals surface area contributed by atoms with Gasteiger partial charge in [0.2, 0.25) is 0 Å². The number of allylic oxidation sites excluding steroid dienone is 2. The minimum atomic E-state index is -0.981. The average Bonchev–Trinajstić information content (AvgIpc) is 2.74. The molecule has 2 fully saturated rings. The van der Waals surface area contributed by atoms with Crippen molar-refractivity contribution < 1.29 is 14.4 Å². The Labute approximate surface area is 137 Å². The van der Waals surface area contributed by atoms with E-state index in [0.717, 1.165) is 24.0 Å². The number of carbonyl (C=O) groups is 3. The van der Waals surface area contributed by atoms with Gasteiger partial charge in [0.1, 0.15) is 5.78 Å². The summed E-state index contributed by atoms with van der Waals surface area (Å²) in [5.74, 6) is 0.662. The van der Waals surface area contributed by atoms with Gasteiger partial charge in [0.15, 0.2) is 11.6 Å². The largest absolute Gasteiger partial charge is 0.299 e. The monoisotopic (exact) mass is 314 g/mol. The molecule has 0 amide bonds. The van der Waals surface area contributed by atoms with Gasteiger partial charge in [-0.15, -0.1) is 0 Å². The molecule has 0 heterocycles. The van der Waals surface area contributed by atoms with Crippen LogP contribution in [0.25, 0.3) is 0 Å². The highest BCUT2D eigenvalue weighted by Crippen LogP contribution is 2.68. The summed E-state index contributed by atoms with van der Waals surface area (Å²) < 4.78 is 0. The predicted molar refractivity (Wildman–Crippen MR) is 86.6 cm³/mol. The third-order valence-electron chi connectivity index (χ3n) is 7.55. The lowest BCUT2D eigenvalue weighted by Gasteiger charge is -2.39. The van der Waals surface area contributed by atoms with Crippen molar-refractivity contribution in [2.24, 2.45) is 40.4 Å². The van der Waals surface area contributed by atoms with Crippen molar-refractivity contribution in [3.63, 3.8) is 0 Å². The van der Waals surface area contributed by atoms with E-state index in [-0.39, 0.29) is 46.4 Å². The van der Waals surface area contributed by atoms with E-state index in [9.17, 15) is 14.4 Å². The Kier molecular flexibility index (Phi) is 2.81. The lowest BCUT2D eigenvalue weighted by atomic mass is 9.60. The SMILES string of the molecule is C[C@@H]1CC2=C(C1)[C@@H]([C@@]1(C)C(=O)C[C@H]3[C@@H](C1=O)C3(C)C)[C@H](C)C2=O.